The van der Waals surface area contributed by atoms with Gasteiger partial charge in [-0.1, -0.05) is 124 Å². The van der Waals surface area contributed by atoms with Crippen molar-refractivity contribution in [2.24, 2.45) is 0 Å². The first-order valence-corrected chi connectivity index (χ1v) is 27.9. The number of benzene rings is 4. The zero-order valence-electron chi connectivity index (χ0n) is 35.8. The number of rotatable bonds is 25. The molecule has 4 atom stereocenters. The van der Waals surface area contributed by atoms with Gasteiger partial charge in [0, 0.05) is 29.4 Å². The molecule has 0 aliphatic carbocycles. The lowest BCUT2D eigenvalue weighted by molar-refractivity contribution is -0.180. The number of amides is 2. The molecular weight excluding hydrogens is 803 g/mol. The van der Waals surface area contributed by atoms with Gasteiger partial charge < -0.3 is 39.1 Å². The van der Waals surface area contributed by atoms with Crippen LogP contribution in [0.4, 0.5) is 18.4 Å². The lowest BCUT2D eigenvalue weighted by Gasteiger charge is -2.38. The topological polar surface area (TPSA) is 114 Å². The third-order valence-corrected chi connectivity index (χ3v) is 13.0. The van der Waals surface area contributed by atoms with Crippen LogP contribution in [0.15, 0.2) is 109 Å². The second-order valence-corrected chi connectivity index (χ2v) is 28.5. The van der Waals surface area contributed by atoms with Crippen LogP contribution in [0, 0.1) is 11.6 Å². The van der Waals surface area contributed by atoms with Crippen LogP contribution in [0.2, 0.25) is 51.4 Å². The van der Waals surface area contributed by atoms with Gasteiger partial charge in [-0.3, -0.25) is 0 Å². The maximum atomic E-state index is 14.2. The van der Waals surface area contributed by atoms with Crippen LogP contribution in [-0.2, 0) is 54.5 Å². The van der Waals surface area contributed by atoms with Crippen LogP contribution in [-0.4, -0.2) is 79.4 Å². The summed E-state index contributed by atoms with van der Waals surface area (Å²) < 4.78 is 65.1. The van der Waals surface area contributed by atoms with Crippen molar-refractivity contribution >= 4 is 28.3 Å². The minimum atomic E-state index is -1.46. The molecule has 326 valence electrons. The summed E-state index contributed by atoms with van der Waals surface area (Å²) in [5.74, 6) is -0.827. The SMILES string of the molecule is C[Si](C)(C)CCOCO[C@H]([C@@H](OCOCC[Si](C)(C)C)[C@@H](Cc1ccc(F)cc1)NC(=O)OCc1ccccc1)[C@@H](Cc1ccc(F)cc1)NC(=O)OCc1ccccc1. The van der Waals surface area contributed by atoms with Gasteiger partial charge in [-0.05, 0) is 71.4 Å². The van der Waals surface area contributed by atoms with Crippen LogP contribution in [0.1, 0.15) is 22.3 Å². The molecule has 0 heterocycles. The Hall–Kier alpha value is -4.45. The largest absolute Gasteiger partial charge is 0.445 e. The van der Waals surface area contributed by atoms with Crippen molar-refractivity contribution in [3.05, 3.63) is 143 Å². The highest BCUT2D eigenvalue weighted by Crippen LogP contribution is 2.22. The van der Waals surface area contributed by atoms with E-state index in [0.29, 0.717) is 24.3 Å². The number of ether oxygens (including phenoxy) is 6. The maximum Gasteiger partial charge on any atom is 0.407 e. The van der Waals surface area contributed by atoms with Crippen molar-refractivity contribution in [2.75, 3.05) is 26.8 Å². The molecule has 4 aromatic carbocycles. The van der Waals surface area contributed by atoms with Crippen LogP contribution < -0.4 is 10.6 Å². The number of hydrogen-bond acceptors (Lipinski definition) is 8. The minimum Gasteiger partial charge on any atom is -0.445 e. The zero-order chi connectivity index (χ0) is 43.4. The molecule has 0 aliphatic heterocycles. The van der Waals surface area contributed by atoms with E-state index in [1.807, 2.05) is 60.7 Å². The second kappa shape index (κ2) is 24.7. The van der Waals surface area contributed by atoms with Gasteiger partial charge in [0.15, 0.2) is 0 Å². The Morgan fingerprint density at radius 3 is 1.20 bits per heavy atom. The number of carbonyl (C=O) groups excluding carboxylic acids is 2. The lowest BCUT2D eigenvalue weighted by Crippen LogP contribution is -2.59. The first kappa shape index (κ1) is 48.2. The van der Waals surface area contributed by atoms with Crippen LogP contribution in [0.5, 0.6) is 0 Å². The molecule has 0 spiro atoms. The first-order valence-electron chi connectivity index (χ1n) is 20.5. The molecule has 2 N–H and O–H groups in total. The molecule has 10 nitrogen and oxygen atoms in total. The fraction of sp³-hybridized carbons (Fsp3) is 0.435. The number of hydrogen-bond donors (Lipinski definition) is 2. The van der Waals surface area contributed by atoms with E-state index in [9.17, 15) is 18.4 Å². The summed E-state index contributed by atoms with van der Waals surface area (Å²) >= 11 is 0. The summed E-state index contributed by atoms with van der Waals surface area (Å²) in [5, 5.41) is 6.01. The Kier molecular flexibility index (Phi) is 19.9. The van der Waals surface area contributed by atoms with Crippen molar-refractivity contribution in [1.82, 2.24) is 10.6 Å². The van der Waals surface area contributed by atoms with E-state index in [1.54, 1.807) is 24.3 Å². The highest BCUT2D eigenvalue weighted by Gasteiger charge is 2.39. The molecule has 60 heavy (non-hydrogen) atoms. The van der Waals surface area contributed by atoms with Crippen molar-refractivity contribution in [2.45, 2.75) is 102 Å². The molecule has 4 aromatic rings. The molecule has 2 amide bonds. The summed E-state index contributed by atoms with van der Waals surface area (Å²) in [4.78, 5) is 27.4. The normalized spacial score (nSPS) is 13.8. The Balaban J connectivity index is 1.75. The molecule has 0 fully saturated rings. The lowest BCUT2D eigenvalue weighted by atomic mass is 9.90. The predicted molar refractivity (Wildman–Crippen MR) is 235 cm³/mol. The molecular formula is C46H62F2N2O8Si2. The summed E-state index contributed by atoms with van der Waals surface area (Å²) in [6.07, 6.45) is -3.22. The van der Waals surface area contributed by atoms with Crippen LogP contribution in [0.25, 0.3) is 0 Å². The number of halogens is 2. The molecule has 0 aliphatic rings. The van der Waals surface area contributed by atoms with E-state index in [-0.39, 0.29) is 39.6 Å². The summed E-state index contributed by atoms with van der Waals surface area (Å²) in [6, 6.07) is 30.5. The van der Waals surface area contributed by atoms with Crippen molar-refractivity contribution in [3.8, 4) is 0 Å². The summed E-state index contributed by atoms with van der Waals surface area (Å²) in [6.45, 7) is 14.1. The highest BCUT2D eigenvalue weighted by atomic mass is 28.3. The second-order valence-electron chi connectivity index (χ2n) is 17.2. The zero-order valence-corrected chi connectivity index (χ0v) is 37.8. The third kappa shape index (κ3) is 19.3. The van der Waals surface area contributed by atoms with E-state index in [2.05, 4.69) is 49.9 Å². The van der Waals surface area contributed by atoms with Gasteiger partial charge in [-0.15, -0.1) is 0 Å². The summed E-state index contributed by atoms with van der Waals surface area (Å²) in [5.41, 5.74) is 2.96. The maximum absolute atomic E-state index is 14.2. The van der Waals surface area contributed by atoms with E-state index in [4.69, 9.17) is 28.4 Å². The monoisotopic (exact) mass is 864 g/mol. The number of nitrogens with one attached hydrogen (secondary N) is 2. The standard InChI is InChI=1S/C46H62F2N2O8Si2/c1-59(2,3)27-25-53-33-57-43(41(29-35-17-21-39(47)22-18-35)49-45(51)55-31-37-13-9-7-10-14-37)44(58-34-54-26-28-60(4,5)6)42(30-36-19-23-40(48)24-20-36)50-46(52)56-32-38-15-11-8-12-16-38/h7-24,41-44H,25-34H2,1-6H3,(H,49,51)(H,50,52)/t41-,42-,43+,44+/m1/s1. The Labute approximate surface area is 356 Å². The minimum absolute atomic E-state index is 0.00807. The quantitative estimate of drug-likeness (QED) is 0.0385. The molecule has 0 saturated carbocycles. The van der Waals surface area contributed by atoms with Gasteiger partial charge in [-0.25, -0.2) is 18.4 Å². The third-order valence-electron chi connectivity index (χ3n) is 9.57. The van der Waals surface area contributed by atoms with Crippen molar-refractivity contribution in [1.29, 1.82) is 0 Å². The van der Waals surface area contributed by atoms with Gasteiger partial charge in [0.1, 0.15) is 50.6 Å². The van der Waals surface area contributed by atoms with Gasteiger partial charge in [-0.2, -0.15) is 0 Å². The van der Waals surface area contributed by atoms with E-state index < -0.39 is 64.3 Å². The van der Waals surface area contributed by atoms with Crippen molar-refractivity contribution in [3.63, 3.8) is 0 Å². The number of alkyl carbamates (subject to hydrolysis) is 2. The molecule has 0 unspecified atom stereocenters. The van der Waals surface area contributed by atoms with Gasteiger partial charge in [0.2, 0.25) is 0 Å². The van der Waals surface area contributed by atoms with E-state index in [0.717, 1.165) is 23.2 Å². The van der Waals surface area contributed by atoms with E-state index >= 15 is 0 Å². The smallest absolute Gasteiger partial charge is 0.407 e. The molecule has 0 radical (unpaired) electrons. The average molecular weight is 865 g/mol. The van der Waals surface area contributed by atoms with Gasteiger partial charge in [0.25, 0.3) is 0 Å². The molecule has 0 saturated heterocycles. The van der Waals surface area contributed by atoms with Crippen molar-refractivity contribution < 1.29 is 46.8 Å². The van der Waals surface area contributed by atoms with Crippen LogP contribution >= 0.6 is 0 Å². The first-order chi connectivity index (χ1) is 28.6. The van der Waals surface area contributed by atoms with Crippen LogP contribution in [0.3, 0.4) is 0 Å². The Morgan fingerprint density at radius 1 is 0.517 bits per heavy atom. The molecule has 4 rings (SSSR count). The summed E-state index contributed by atoms with van der Waals surface area (Å²) in [7, 11) is -2.92. The Bertz CT molecular complexity index is 1700. The molecule has 0 bridgehead atoms. The number of carbonyl (C=O) groups is 2. The fourth-order valence-electron chi connectivity index (χ4n) is 6.09. The fourth-order valence-corrected chi connectivity index (χ4v) is 7.60. The van der Waals surface area contributed by atoms with Gasteiger partial charge in [0.05, 0.1) is 12.1 Å². The highest BCUT2D eigenvalue weighted by molar-refractivity contribution is 6.76. The average Bonchev–Trinajstić information content (AvgIpc) is 3.20. The Morgan fingerprint density at radius 2 is 0.867 bits per heavy atom. The molecule has 0 aromatic heterocycles. The van der Waals surface area contributed by atoms with E-state index in [1.165, 1.54) is 24.3 Å². The van der Waals surface area contributed by atoms with Gasteiger partial charge >= 0.3 is 12.2 Å². The molecule has 14 heteroatoms. The predicted octanol–water partition coefficient (Wildman–Crippen LogP) is 9.74.